The van der Waals surface area contributed by atoms with Crippen molar-refractivity contribution in [2.75, 3.05) is 26.2 Å². The molecular formula is C20H32ClN2+. The number of nitrogens with zero attached hydrogens (tertiary/aromatic N) is 2. The van der Waals surface area contributed by atoms with Gasteiger partial charge in [0.05, 0.1) is 5.03 Å². The van der Waals surface area contributed by atoms with Crippen LogP contribution in [0.25, 0.3) is 0 Å². The van der Waals surface area contributed by atoms with Crippen molar-refractivity contribution < 1.29 is 4.58 Å². The first-order valence-electron chi connectivity index (χ1n) is 9.25. The molecule has 0 amide bonds. The Balaban J connectivity index is 2.04. The van der Waals surface area contributed by atoms with Gasteiger partial charge in [-0.25, -0.2) is 4.58 Å². The summed E-state index contributed by atoms with van der Waals surface area (Å²) in [6.45, 7) is 14.1. The second-order valence-corrected chi connectivity index (χ2v) is 9.21. The predicted octanol–water partition coefficient (Wildman–Crippen LogP) is 4.79. The summed E-state index contributed by atoms with van der Waals surface area (Å²) >= 11 is 7.00. The molecule has 0 aromatic carbocycles. The molecular weight excluding hydrogens is 304 g/mol. The average molecular weight is 336 g/mol. The molecule has 128 valence electrons. The Morgan fingerprint density at radius 1 is 0.957 bits per heavy atom. The van der Waals surface area contributed by atoms with Crippen molar-refractivity contribution in [1.82, 2.24) is 4.90 Å². The van der Waals surface area contributed by atoms with Crippen LogP contribution in [0.5, 0.6) is 0 Å². The molecule has 0 spiro atoms. The maximum atomic E-state index is 7.00. The van der Waals surface area contributed by atoms with E-state index >= 15 is 0 Å². The van der Waals surface area contributed by atoms with Gasteiger partial charge in [0.15, 0.2) is 6.21 Å². The Kier molecular flexibility index (Phi) is 4.66. The molecule has 0 atom stereocenters. The van der Waals surface area contributed by atoms with Gasteiger partial charge in [0, 0.05) is 37.7 Å². The van der Waals surface area contributed by atoms with Gasteiger partial charge in [-0.05, 0) is 35.7 Å². The van der Waals surface area contributed by atoms with Gasteiger partial charge in [0.2, 0.25) is 0 Å². The van der Waals surface area contributed by atoms with Gasteiger partial charge >= 0.3 is 0 Å². The summed E-state index contributed by atoms with van der Waals surface area (Å²) in [6.07, 6.45) is 11.1. The van der Waals surface area contributed by atoms with E-state index in [1.165, 1.54) is 63.0 Å². The molecule has 3 rings (SSSR count). The van der Waals surface area contributed by atoms with Crippen molar-refractivity contribution >= 4 is 17.8 Å². The molecule has 0 unspecified atom stereocenters. The van der Waals surface area contributed by atoms with Gasteiger partial charge in [-0.3, -0.25) is 0 Å². The summed E-state index contributed by atoms with van der Waals surface area (Å²) < 4.78 is 2.46. The second-order valence-electron chi connectivity index (χ2n) is 8.83. The molecule has 0 radical (unpaired) electrons. The fourth-order valence-electron chi connectivity index (χ4n) is 4.60. The average Bonchev–Trinajstić information content (AvgIpc) is 3.12. The molecule has 0 bridgehead atoms. The van der Waals surface area contributed by atoms with Gasteiger partial charge in [-0.2, -0.15) is 0 Å². The number of allylic oxidation sites excluding steroid dienone is 3. The fourth-order valence-corrected chi connectivity index (χ4v) is 5.21. The smallest absolute Gasteiger partial charge is 0.168 e. The molecule has 1 aliphatic carbocycles. The van der Waals surface area contributed by atoms with Crippen LogP contribution in [0.3, 0.4) is 0 Å². The molecule has 23 heavy (non-hydrogen) atoms. The second kappa shape index (κ2) is 6.27. The van der Waals surface area contributed by atoms with Gasteiger partial charge < -0.3 is 4.90 Å². The van der Waals surface area contributed by atoms with E-state index in [1.807, 2.05) is 0 Å². The molecule has 2 fully saturated rings. The zero-order chi connectivity index (χ0) is 16.7. The van der Waals surface area contributed by atoms with Gasteiger partial charge in [-0.1, -0.05) is 39.3 Å². The molecule has 0 saturated carbocycles. The monoisotopic (exact) mass is 335 g/mol. The molecule has 3 aliphatic rings. The van der Waals surface area contributed by atoms with Crippen LogP contribution in [0.1, 0.15) is 59.8 Å². The molecule has 2 saturated heterocycles. The van der Waals surface area contributed by atoms with E-state index in [0.29, 0.717) is 0 Å². The summed E-state index contributed by atoms with van der Waals surface area (Å²) in [5.41, 5.74) is 2.94. The first kappa shape index (κ1) is 17.1. The predicted molar refractivity (Wildman–Crippen MR) is 99.2 cm³/mol. The molecule has 2 aliphatic heterocycles. The highest BCUT2D eigenvalue weighted by Gasteiger charge is 2.43. The topological polar surface area (TPSA) is 6.25 Å². The Labute approximate surface area is 146 Å². The molecule has 0 aromatic heterocycles. The summed E-state index contributed by atoms with van der Waals surface area (Å²) in [5.74, 6) is 0. The Hall–Kier alpha value is -0.760. The molecule has 0 aromatic rings. The first-order chi connectivity index (χ1) is 10.8. The minimum absolute atomic E-state index is 0.130. The summed E-state index contributed by atoms with van der Waals surface area (Å²) in [6, 6.07) is 0. The minimum atomic E-state index is 0.130. The lowest BCUT2D eigenvalue weighted by Crippen LogP contribution is -2.35. The van der Waals surface area contributed by atoms with Gasteiger partial charge in [0.1, 0.15) is 13.1 Å². The van der Waals surface area contributed by atoms with Crippen LogP contribution in [0.2, 0.25) is 0 Å². The maximum Gasteiger partial charge on any atom is 0.168 e. The molecule has 2 nitrogen and oxygen atoms in total. The van der Waals surface area contributed by atoms with Crippen molar-refractivity contribution in [3.63, 3.8) is 0 Å². The van der Waals surface area contributed by atoms with Crippen LogP contribution in [0, 0.1) is 10.8 Å². The SMILES string of the molecule is CC1(C)CC(C)(C)/C(=C\N2CCCC2)C(Cl)=C1C=[N+]1CCCC1. The molecule has 2 heterocycles. The third kappa shape index (κ3) is 3.52. The number of rotatable bonds is 2. The Morgan fingerprint density at radius 3 is 2.17 bits per heavy atom. The molecule has 3 heteroatoms. The van der Waals surface area contributed by atoms with Crippen molar-refractivity contribution in [1.29, 1.82) is 0 Å². The fraction of sp³-hybridized carbons (Fsp3) is 0.750. The zero-order valence-corrected chi connectivity index (χ0v) is 16.0. The normalized spacial score (nSPS) is 28.8. The van der Waals surface area contributed by atoms with E-state index in [2.05, 4.69) is 49.6 Å². The third-order valence-corrected chi connectivity index (χ3v) is 6.13. The summed E-state index contributed by atoms with van der Waals surface area (Å²) in [5, 5.41) is 1.00. The van der Waals surface area contributed by atoms with E-state index < -0.39 is 0 Å². The number of hydrogen-bond acceptors (Lipinski definition) is 1. The number of halogens is 1. The lowest BCUT2D eigenvalue weighted by atomic mass is 9.63. The third-order valence-electron chi connectivity index (χ3n) is 5.72. The standard InChI is InChI=1S/C20H32ClN2/c1-19(2)15-20(3,4)17(14-23-11-7-8-12-23)18(21)16(19)13-22-9-5-6-10-22/h13-14H,5-12,15H2,1-4H3/q+1. The number of hydrogen-bond donors (Lipinski definition) is 0. The van der Waals surface area contributed by atoms with E-state index in [1.54, 1.807) is 0 Å². The van der Waals surface area contributed by atoms with E-state index in [9.17, 15) is 0 Å². The van der Waals surface area contributed by atoms with Crippen LogP contribution in [0.15, 0.2) is 22.4 Å². The van der Waals surface area contributed by atoms with Crippen molar-refractivity contribution in [3.05, 3.63) is 22.4 Å². The first-order valence-corrected chi connectivity index (χ1v) is 9.63. The van der Waals surface area contributed by atoms with Crippen LogP contribution >= 0.6 is 11.6 Å². The van der Waals surface area contributed by atoms with Crippen molar-refractivity contribution in [3.8, 4) is 0 Å². The minimum Gasteiger partial charge on any atom is -0.377 e. The Morgan fingerprint density at radius 2 is 1.57 bits per heavy atom. The lowest BCUT2D eigenvalue weighted by molar-refractivity contribution is -0.501. The summed E-state index contributed by atoms with van der Waals surface area (Å²) in [4.78, 5) is 2.46. The highest BCUT2D eigenvalue weighted by atomic mass is 35.5. The van der Waals surface area contributed by atoms with E-state index in [0.717, 1.165) is 11.5 Å². The highest BCUT2D eigenvalue weighted by molar-refractivity contribution is 6.34. The number of likely N-dealkylation sites (tertiary alicyclic amines) is 1. The van der Waals surface area contributed by atoms with Crippen LogP contribution < -0.4 is 0 Å². The maximum absolute atomic E-state index is 7.00. The quantitative estimate of drug-likeness (QED) is 0.657. The zero-order valence-electron chi connectivity index (χ0n) is 15.3. The van der Waals surface area contributed by atoms with Gasteiger partial charge in [-0.15, -0.1) is 0 Å². The van der Waals surface area contributed by atoms with Crippen LogP contribution in [0.4, 0.5) is 0 Å². The molecule has 0 N–H and O–H groups in total. The van der Waals surface area contributed by atoms with E-state index in [4.69, 9.17) is 11.6 Å². The van der Waals surface area contributed by atoms with Crippen LogP contribution in [-0.2, 0) is 0 Å². The summed E-state index contributed by atoms with van der Waals surface area (Å²) in [7, 11) is 0. The van der Waals surface area contributed by atoms with Crippen molar-refractivity contribution in [2.45, 2.75) is 59.8 Å². The van der Waals surface area contributed by atoms with E-state index in [-0.39, 0.29) is 10.8 Å². The highest BCUT2D eigenvalue weighted by Crippen LogP contribution is 2.52. The van der Waals surface area contributed by atoms with Crippen LogP contribution in [-0.4, -0.2) is 41.9 Å². The lowest BCUT2D eigenvalue weighted by Gasteiger charge is -2.43. The van der Waals surface area contributed by atoms with Crippen molar-refractivity contribution in [2.24, 2.45) is 10.8 Å². The van der Waals surface area contributed by atoms with Gasteiger partial charge in [0.25, 0.3) is 0 Å². The largest absolute Gasteiger partial charge is 0.377 e. The Bertz CT molecular complexity index is 552.